The zero-order valence-electron chi connectivity index (χ0n) is 19.3. The molecule has 0 aliphatic carbocycles. The molecular weight excluding hydrogens is 490 g/mol. The number of rotatable bonds is 10. The zero-order valence-corrected chi connectivity index (χ0v) is 20.9. The van der Waals surface area contributed by atoms with Gasteiger partial charge in [0, 0.05) is 17.0 Å². The molecule has 0 bridgehead atoms. The van der Waals surface area contributed by atoms with Crippen molar-refractivity contribution in [3.8, 4) is 16.9 Å². The molecule has 0 fully saturated rings. The molecular formula is C25H26ClN3O5S. The van der Waals surface area contributed by atoms with Crippen molar-refractivity contribution in [2.24, 2.45) is 0 Å². The molecule has 0 saturated carbocycles. The van der Waals surface area contributed by atoms with Crippen molar-refractivity contribution in [2.45, 2.75) is 31.2 Å². The number of fused-ring (bicyclic) bond motifs is 3. The van der Waals surface area contributed by atoms with Crippen LogP contribution in [0.5, 0.6) is 5.75 Å². The Morgan fingerprint density at radius 2 is 2.06 bits per heavy atom. The Hall–Kier alpha value is -3.14. The van der Waals surface area contributed by atoms with Gasteiger partial charge in [-0.3, -0.25) is 4.79 Å². The SMILES string of the molecule is CCS(=O)(=O)c1cccc(-c2ccc(OCCCNC(C)C(=O)O)c3[nH]c4ncc(Cl)cc4c23)c1. The molecule has 0 aliphatic heterocycles. The van der Waals surface area contributed by atoms with Crippen LogP contribution in [-0.2, 0) is 14.6 Å². The Kier molecular flexibility index (Phi) is 7.30. The van der Waals surface area contributed by atoms with Crippen LogP contribution in [0, 0.1) is 0 Å². The van der Waals surface area contributed by atoms with Gasteiger partial charge in [0.1, 0.15) is 17.4 Å². The highest BCUT2D eigenvalue weighted by atomic mass is 35.5. The lowest BCUT2D eigenvalue weighted by atomic mass is 9.99. The van der Waals surface area contributed by atoms with Crippen LogP contribution in [0.4, 0.5) is 0 Å². The van der Waals surface area contributed by atoms with Crippen molar-refractivity contribution < 1.29 is 23.1 Å². The van der Waals surface area contributed by atoms with E-state index in [0.29, 0.717) is 36.0 Å². The summed E-state index contributed by atoms with van der Waals surface area (Å²) in [6.45, 7) is 4.09. The van der Waals surface area contributed by atoms with E-state index >= 15 is 0 Å². The van der Waals surface area contributed by atoms with E-state index in [1.807, 2.05) is 24.3 Å². The number of H-pyrrole nitrogens is 1. The summed E-state index contributed by atoms with van der Waals surface area (Å²) in [6, 6.07) is 11.8. The third-order valence-electron chi connectivity index (χ3n) is 5.82. The van der Waals surface area contributed by atoms with Gasteiger partial charge in [-0.15, -0.1) is 0 Å². The monoisotopic (exact) mass is 515 g/mol. The van der Waals surface area contributed by atoms with E-state index in [9.17, 15) is 13.2 Å². The van der Waals surface area contributed by atoms with Crippen molar-refractivity contribution >= 4 is 49.3 Å². The molecule has 1 atom stereocenters. The van der Waals surface area contributed by atoms with Gasteiger partial charge >= 0.3 is 5.97 Å². The molecule has 1 unspecified atom stereocenters. The van der Waals surface area contributed by atoms with E-state index in [2.05, 4.69) is 15.3 Å². The number of hydrogen-bond acceptors (Lipinski definition) is 6. The maximum absolute atomic E-state index is 12.5. The lowest BCUT2D eigenvalue weighted by molar-refractivity contribution is -0.139. The fraction of sp³-hybridized carbons (Fsp3) is 0.280. The average molecular weight is 516 g/mol. The fourth-order valence-electron chi connectivity index (χ4n) is 3.88. The van der Waals surface area contributed by atoms with Gasteiger partial charge < -0.3 is 20.1 Å². The second-order valence-electron chi connectivity index (χ2n) is 8.18. The van der Waals surface area contributed by atoms with E-state index in [-0.39, 0.29) is 10.6 Å². The smallest absolute Gasteiger partial charge is 0.320 e. The summed E-state index contributed by atoms with van der Waals surface area (Å²) in [7, 11) is -3.36. The highest BCUT2D eigenvalue weighted by Gasteiger charge is 2.18. The minimum Gasteiger partial charge on any atom is -0.491 e. The van der Waals surface area contributed by atoms with E-state index in [4.69, 9.17) is 21.4 Å². The molecule has 184 valence electrons. The molecule has 0 amide bonds. The van der Waals surface area contributed by atoms with Gasteiger partial charge in [-0.1, -0.05) is 30.7 Å². The van der Waals surface area contributed by atoms with Crippen LogP contribution in [0.3, 0.4) is 0 Å². The molecule has 2 heterocycles. The predicted octanol–water partition coefficient (Wildman–Crippen LogP) is 4.66. The largest absolute Gasteiger partial charge is 0.491 e. The number of carboxylic acids is 1. The number of halogens is 1. The van der Waals surface area contributed by atoms with Crippen molar-refractivity contribution in [1.29, 1.82) is 0 Å². The van der Waals surface area contributed by atoms with Crippen molar-refractivity contribution in [3.05, 3.63) is 53.7 Å². The molecule has 2 aromatic carbocycles. The van der Waals surface area contributed by atoms with Gasteiger partial charge in [0.25, 0.3) is 0 Å². The highest BCUT2D eigenvalue weighted by Crippen LogP contribution is 2.40. The Balaban J connectivity index is 1.73. The molecule has 0 spiro atoms. The molecule has 0 radical (unpaired) electrons. The summed E-state index contributed by atoms with van der Waals surface area (Å²) in [6.07, 6.45) is 2.17. The molecule has 35 heavy (non-hydrogen) atoms. The number of sulfone groups is 1. The van der Waals surface area contributed by atoms with Crippen LogP contribution in [0.2, 0.25) is 5.02 Å². The standard InChI is InChI=1S/C25H26ClN3O5S/c1-3-35(32,33)18-7-4-6-16(12-18)19-8-9-21(34-11-5-10-27-15(2)25(30)31)23-22(19)20-13-17(26)14-28-24(20)29-23/h4,6-9,12-15,27H,3,5,10-11H2,1-2H3,(H,28,29)(H,30,31). The van der Waals surface area contributed by atoms with Gasteiger partial charge in [-0.25, -0.2) is 13.4 Å². The van der Waals surface area contributed by atoms with E-state index in [1.54, 1.807) is 38.2 Å². The lowest BCUT2D eigenvalue weighted by Gasteiger charge is -2.12. The van der Waals surface area contributed by atoms with E-state index in [0.717, 1.165) is 27.4 Å². The van der Waals surface area contributed by atoms with E-state index < -0.39 is 21.8 Å². The Bertz CT molecular complexity index is 1500. The summed E-state index contributed by atoms with van der Waals surface area (Å²) < 4.78 is 31.0. The van der Waals surface area contributed by atoms with Crippen LogP contribution in [0.15, 0.2) is 53.6 Å². The van der Waals surface area contributed by atoms with Crippen molar-refractivity contribution in [1.82, 2.24) is 15.3 Å². The molecule has 0 saturated heterocycles. The number of carboxylic acid groups (broad SMARTS) is 1. The number of benzene rings is 2. The maximum atomic E-state index is 12.5. The molecule has 3 N–H and O–H groups in total. The second kappa shape index (κ2) is 10.2. The molecule has 10 heteroatoms. The quantitative estimate of drug-likeness (QED) is 0.262. The number of pyridine rings is 1. The molecule has 4 aromatic rings. The van der Waals surface area contributed by atoms with Crippen LogP contribution >= 0.6 is 11.6 Å². The first-order valence-corrected chi connectivity index (χ1v) is 13.3. The minimum absolute atomic E-state index is 0.0192. The van der Waals surface area contributed by atoms with Gasteiger partial charge in [-0.2, -0.15) is 0 Å². The van der Waals surface area contributed by atoms with Crippen molar-refractivity contribution in [2.75, 3.05) is 18.9 Å². The first-order valence-electron chi connectivity index (χ1n) is 11.2. The van der Waals surface area contributed by atoms with Crippen molar-refractivity contribution in [3.63, 3.8) is 0 Å². The molecule has 0 aliphatic rings. The summed E-state index contributed by atoms with van der Waals surface area (Å²) >= 11 is 6.25. The summed E-state index contributed by atoms with van der Waals surface area (Å²) in [4.78, 5) is 18.9. The Morgan fingerprint density at radius 1 is 1.26 bits per heavy atom. The van der Waals surface area contributed by atoms with Crippen LogP contribution < -0.4 is 10.1 Å². The number of hydrogen-bond donors (Lipinski definition) is 3. The number of aliphatic carboxylic acids is 1. The fourth-order valence-corrected chi connectivity index (χ4v) is 4.96. The van der Waals surface area contributed by atoms with Gasteiger partial charge in [0.2, 0.25) is 0 Å². The number of nitrogens with one attached hydrogen (secondary N) is 2. The topological polar surface area (TPSA) is 121 Å². The average Bonchev–Trinajstić information content (AvgIpc) is 3.22. The molecule has 8 nitrogen and oxygen atoms in total. The third kappa shape index (κ3) is 5.27. The normalized spacial score (nSPS) is 12.8. The molecule has 2 aromatic heterocycles. The van der Waals surface area contributed by atoms with Gasteiger partial charge in [0.05, 0.1) is 27.8 Å². The second-order valence-corrected chi connectivity index (χ2v) is 10.9. The zero-order chi connectivity index (χ0) is 25.2. The lowest BCUT2D eigenvalue weighted by Crippen LogP contribution is -2.34. The highest BCUT2D eigenvalue weighted by molar-refractivity contribution is 7.91. The summed E-state index contributed by atoms with van der Waals surface area (Å²) in [5, 5.41) is 14.0. The first-order chi connectivity index (χ1) is 16.7. The number of aromatic amines is 1. The number of carbonyl (C=O) groups is 1. The number of aromatic nitrogens is 2. The van der Waals surface area contributed by atoms with E-state index in [1.165, 1.54) is 0 Å². The summed E-state index contributed by atoms with van der Waals surface area (Å²) in [5.41, 5.74) is 2.94. The minimum atomic E-state index is -3.36. The Morgan fingerprint density at radius 3 is 2.80 bits per heavy atom. The Labute approximate surface area is 208 Å². The number of nitrogens with zero attached hydrogens (tertiary/aromatic N) is 1. The first kappa shape index (κ1) is 25.0. The molecule has 4 rings (SSSR count). The summed E-state index contributed by atoms with van der Waals surface area (Å²) in [5.74, 6) is -0.268. The van der Waals surface area contributed by atoms with Gasteiger partial charge in [-0.05, 0) is 61.3 Å². The van der Waals surface area contributed by atoms with Crippen LogP contribution in [-0.4, -0.2) is 54.4 Å². The van der Waals surface area contributed by atoms with Crippen LogP contribution in [0.25, 0.3) is 33.1 Å². The predicted molar refractivity (Wildman–Crippen MR) is 137 cm³/mol. The van der Waals surface area contributed by atoms with Crippen LogP contribution in [0.1, 0.15) is 20.3 Å². The van der Waals surface area contributed by atoms with Gasteiger partial charge in [0.15, 0.2) is 9.84 Å². The third-order valence-corrected chi connectivity index (χ3v) is 7.76. The number of ether oxygens (including phenoxy) is 1. The maximum Gasteiger partial charge on any atom is 0.320 e.